The SMILES string of the molecule is CC1(C)CC1(CN)c1ccc(C#N)cc1. The largest absolute Gasteiger partial charge is 0.330 e. The highest BCUT2D eigenvalue weighted by Gasteiger charge is 2.60. The number of nitrogens with zero attached hydrogens (tertiary/aromatic N) is 1. The van der Waals surface area contributed by atoms with Gasteiger partial charge in [-0.05, 0) is 29.5 Å². The summed E-state index contributed by atoms with van der Waals surface area (Å²) in [6.45, 7) is 5.18. The Bertz CT molecular complexity index is 411. The van der Waals surface area contributed by atoms with E-state index in [1.807, 2.05) is 24.3 Å². The maximum absolute atomic E-state index is 8.73. The van der Waals surface area contributed by atoms with Crippen LogP contribution in [0.1, 0.15) is 31.4 Å². The summed E-state index contributed by atoms with van der Waals surface area (Å²) in [6, 6.07) is 9.97. The van der Waals surface area contributed by atoms with Crippen molar-refractivity contribution >= 4 is 0 Å². The third-order valence-corrected chi connectivity index (χ3v) is 3.83. The van der Waals surface area contributed by atoms with Gasteiger partial charge in [0.1, 0.15) is 0 Å². The molecule has 15 heavy (non-hydrogen) atoms. The molecule has 0 amide bonds. The molecule has 0 aliphatic heterocycles. The van der Waals surface area contributed by atoms with Crippen molar-refractivity contribution in [2.45, 2.75) is 25.7 Å². The molecule has 0 aromatic heterocycles. The number of nitrogens with two attached hydrogens (primary N) is 1. The molecule has 2 rings (SSSR count). The number of hydrogen-bond donors (Lipinski definition) is 1. The Morgan fingerprint density at radius 3 is 2.20 bits per heavy atom. The van der Waals surface area contributed by atoms with E-state index in [4.69, 9.17) is 11.0 Å². The Morgan fingerprint density at radius 1 is 1.33 bits per heavy atom. The average molecular weight is 200 g/mol. The summed E-state index contributed by atoms with van der Waals surface area (Å²) < 4.78 is 0. The second kappa shape index (κ2) is 3.08. The number of nitriles is 1. The first-order chi connectivity index (χ1) is 7.05. The van der Waals surface area contributed by atoms with Crippen molar-refractivity contribution in [2.75, 3.05) is 6.54 Å². The van der Waals surface area contributed by atoms with E-state index in [9.17, 15) is 0 Å². The van der Waals surface area contributed by atoms with E-state index in [-0.39, 0.29) is 5.41 Å². The molecule has 1 unspecified atom stereocenters. The van der Waals surface area contributed by atoms with Crippen molar-refractivity contribution in [3.05, 3.63) is 35.4 Å². The number of benzene rings is 1. The van der Waals surface area contributed by atoms with Crippen molar-refractivity contribution in [1.82, 2.24) is 0 Å². The summed E-state index contributed by atoms with van der Waals surface area (Å²) in [7, 11) is 0. The van der Waals surface area contributed by atoms with Crippen LogP contribution in [0.25, 0.3) is 0 Å². The first kappa shape index (κ1) is 10.2. The topological polar surface area (TPSA) is 49.8 Å². The van der Waals surface area contributed by atoms with E-state index in [2.05, 4.69) is 19.9 Å². The highest BCUT2D eigenvalue weighted by Crippen LogP contribution is 2.63. The minimum absolute atomic E-state index is 0.140. The molecule has 1 fully saturated rings. The first-order valence-electron chi connectivity index (χ1n) is 5.26. The van der Waals surface area contributed by atoms with Crippen LogP contribution in [-0.4, -0.2) is 6.54 Å². The van der Waals surface area contributed by atoms with Crippen LogP contribution in [0.4, 0.5) is 0 Å². The summed E-state index contributed by atoms with van der Waals surface area (Å²) in [4.78, 5) is 0. The fourth-order valence-corrected chi connectivity index (χ4v) is 2.53. The zero-order valence-electron chi connectivity index (χ0n) is 9.25. The molecule has 0 spiro atoms. The van der Waals surface area contributed by atoms with E-state index in [0.717, 1.165) is 6.42 Å². The van der Waals surface area contributed by atoms with E-state index in [1.165, 1.54) is 5.56 Å². The van der Waals surface area contributed by atoms with Crippen LogP contribution >= 0.6 is 0 Å². The molecule has 1 aromatic carbocycles. The van der Waals surface area contributed by atoms with Crippen molar-refractivity contribution in [3.63, 3.8) is 0 Å². The lowest BCUT2D eigenvalue weighted by Gasteiger charge is -2.18. The lowest BCUT2D eigenvalue weighted by atomic mass is 9.87. The minimum Gasteiger partial charge on any atom is -0.330 e. The van der Waals surface area contributed by atoms with Gasteiger partial charge in [0.05, 0.1) is 11.6 Å². The lowest BCUT2D eigenvalue weighted by molar-refractivity contribution is 0.503. The third-order valence-electron chi connectivity index (χ3n) is 3.83. The minimum atomic E-state index is 0.140. The molecule has 2 heteroatoms. The quantitative estimate of drug-likeness (QED) is 0.795. The molecule has 1 aliphatic carbocycles. The van der Waals surface area contributed by atoms with Crippen LogP contribution in [-0.2, 0) is 5.41 Å². The van der Waals surface area contributed by atoms with E-state index < -0.39 is 0 Å². The van der Waals surface area contributed by atoms with Gasteiger partial charge in [0, 0.05) is 12.0 Å². The van der Waals surface area contributed by atoms with Gasteiger partial charge in [0.15, 0.2) is 0 Å². The van der Waals surface area contributed by atoms with Crippen molar-refractivity contribution in [3.8, 4) is 6.07 Å². The van der Waals surface area contributed by atoms with Crippen LogP contribution in [0, 0.1) is 16.7 Å². The van der Waals surface area contributed by atoms with E-state index in [1.54, 1.807) is 0 Å². The fraction of sp³-hybridized carbons (Fsp3) is 0.462. The Labute approximate surface area is 90.7 Å². The summed E-state index contributed by atoms with van der Waals surface area (Å²) in [5, 5.41) is 8.73. The van der Waals surface area contributed by atoms with Gasteiger partial charge in [0.25, 0.3) is 0 Å². The maximum atomic E-state index is 8.73. The average Bonchev–Trinajstić information content (AvgIpc) is 2.82. The van der Waals surface area contributed by atoms with Gasteiger partial charge in [-0.25, -0.2) is 0 Å². The van der Waals surface area contributed by atoms with Crippen LogP contribution in [0.2, 0.25) is 0 Å². The van der Waals surface area contributed by atoms with Crippen molar-refractivity contribution in [1.29, 1.82) is 5.26 Å². The van der Waals surface area contributed by atoms with Crippen LogP contribution in [0.15, 0.2) is 24.3 Å². The smallest absolute Gasteiger partial charge is 0.0991 e. The van der Waals surface area contributed by atoms with E-state index in [0.29, 0.717) is 17.5 Å². The zero-order valence-corrected chi connectivity index (χ0v) is 9.25. The fourth-order valence-electron chi connectivity index (χ4n) is 2.53. The molecule has 78 valence electrons. The Hall–Kier alpha value is -1.33. The van der Waals surface area contributed by atoms with Gasteiger partial charge in [-0.2, -0.15) is 5.26 Å². The highest BCUT2D eigenvalue weighted by molar-refractivity contribution is 5.41. The molecular weight excluding hydrogens is 184 g/mol. The summed E-state index contributed by atoms with van der Waals surface area (Å²) >= 11 is 0. The number of hydrogen-bond acceptors (Lipinski definition) is 2. The molecular formula is C13H16N2. The van der Waals surface area contributed by atoms with Gasteiger partial charge in [-0.1, -0.05) is 26.0 Å². The Kier molecular flexibility index (Phi) is 2.09. The Balaban J connectivity index is 2.35. The lowest BCUT2D eigenvalue weighted by Crippen LogP contribution is -2.25. The molecule has 2 nitrogen and oxygen atoms in total. The molecule has 0 radical (unpaired) electrons. The van der Waals surface area contributed by atoms with Gasteiger partial charge in [-0.3, -0.25) is 0 Å². The zero-order chi connectivity index (χ0) is 11.1. The predicted molar refractivity (Wildman–Crippen MR) is 60.3 cm³/mol. The standard InChI is InChI=1S/C13H16N2/c1-12(2)8-13(12,9-15)11-5-3-10(7-14)4-6-11/h3-6H,8-9,15H2,1-2H3. The third kappa shape index (κ3) is 1.35. The molecule has 2 N–H and O–H groups in total. The van der Waals surface area contributed by atoms with Crippen LogP contribution in [0.3, 0.4) is 0 Å². The van der Waals surface area contributed by atoms with Crippen LogP contribution < -0.4 is 5.73 Å². The number of rotatable bonds is 2. The van der Waals surface area contributed by atoms with Gasteiger partial charge >= 0.3 is 0 Å². The summed E-state index contributed by atoms with van der Waals surface area (Å²) in [5.41, 5.74) is 8.31. The van der Waals surface area contributed by atoms with Gasteiger partial charge in [0.2, 0.25) is 0 Å². The second-order valence-corrected chi connectivity index (χ2v) is 5.04. The summed E-state index contributed by atoms with van der Waals surface area (Å²) in [6.07, 6.45) is 1.14. The van der Waals surface area contributed by atoms with Gasteiger partial charge < -0.3 is 5.73 Å². The molecule has 1 saturated carbocycles. The summed E-state index contributed by atoms with van der Waals surface area (Å²) in [5.74, 6) is 0. The maximum Gasteiger partial charge on any atom is 0.0991 e. The predicted octanol–water partition coefficient (Wildman–Crippen LogP) is 2.18. The normalized spacial score (nSPS) is 27.1. The molecule has 1 atom stereocenters. The van der Waals surface area contributed by atoms with E-state index >= 15 is 0 Å². The first-order valence-corrected chi connectivity index (χ1v) is 5.26. The molecule has 0 saturated heterocycles. The monoisotopic (exact) mass is 200 g/mol. The molecule has 1 aliphatic rings. The van der Waals surface area contributed by atoms with Gasteiger partial charge in [-0.15, -0.1) is 0 Å². The van der Waals surface area contributed by atoms with Crippen molar-refractivity contribution < 1.29 is 0 Å². The molecule has 0 heterocycles. The molecule has 1 aromatic rings. The van der Waals surface area contributed by atoms with Crippen molar-refractivity contribution in [2.24, 2.45) is 11.1 Å². The molecule has 0 bridgehead atoms. The van der Waals surface area contributed by atoms with Crippen LogP contribution in [0.5, 0.6) is 0 Å². The second-order valence-electron chi connectivity index (χ2n) is 5.04. The Morgan fingerprint density at radius 2 is 1.87 bits per heavy atom. The highest BCUT2D eigenvalue weighted by atomic mass is 14.7.